The van der Waals surface area contributed by atoms with E-state index < -0.39 is 14.5 Å². The van der Waals surface area contributed by atoms with Crippen molar-refractivity contribution in [2.24, 2.45) is 0 Å². The van der Waals surface area contributed by atoms with Gasteiger partial charge in [-0.1, -0.05) is 0 Å². The van der Waals surface area contributed by atoms with E-state index in [0.717, 1.165) is 0 Å². The first-order chi connectivity index (χ1) is 9.71. The number of methoxy groups -OCH3 is 2. The van der Waals surface area contributed by atoms with Gasteiger partial charge in [-0.25, -0.2) is 0 Å². The Labute approximate surface area is 121 Å². The molecule has 0 N–H and O–H groups in total. The summed E-state index contributed by atoms with van der Waals surface area (Å²) in [6, 6.07) is 13.6. The molecule has 0 fully saturated rings. The van der Waals surface area contributed by atoms with Crippen LogP contribution in [0, 0.1) is 0 Å². The van der Waals surface area contributed by atoms with Crippen LogP contribution in [0.25, 0.3) is 0 Å². The summed E-state index contributed by atoms with van der Waals surface area (Å²) in [7, 11) is 3.15. The molecule has 0 aliphatic heterocycles. The van der Waals surface area contributed by atoms with Gasteiger partial charge in [-0.3, -0.25) is 0 Å². The van der Waals surface area contributed by atoms with Crippen LogP contribution in [0.5, 0.6) is 23.0 Å². The Morgan fingerprint density at radius 1 is 0.650 bits per heavy atom. The van der Waals surface area contributed by atoms with E-state index in [2.05, 4.69) is 0 Å². The van der Waals surface area contributed by atoms with Crippen molar-refractivity contribution in [1.82, 2.24) is 0 Å². The second kappa shape index (κ2) is 6.93. The second-order valence-corrected chi connectivity index (χ2v) is 5.28. The van der Waals surface area contributed by atoms with Crippen LogP contribution < -0.4 is 17.1 Å². The zero-order chi connectivity index (χ0) is 14.4. The molecular weight excluding hydrogens is 327 g/mol. The average Bonchev–Trinajstić information content (AvgIpc) is 2.49. The fourth-order valence-corrected chi connectivity index (χ4v) is 2.63. The van der Waals surface area contributed by atoms with Gasteiger partial charge in [0.1, 0.15) is 0 Å². The third kappa shape index (κ3) is 3.98. The molecule has 106 valence electrons. The zero-order valence-corrected chi connectivity index (χ0v) is 12.8. The number of hydrogen-bond donors (Lipinski definition) is 0. The van der Waals surface area contributed by atoms with Crippen LogP contribution in [0.1, 0.15) is 0 Å². The first kappa shape index (κ1) is 14.4. The van der Waals surface area contributed by atoms with Gasteiger partial charge in [0.05, 0.1) is 0 Å². The molecule has 0 saturated heterocycles. The molecular formula is C14H14O5Se. The van der Waals surface area contributed by atoms with Crippen LogP contribution in [0.4, 0.5) is 0 Å². The van der Waals surface area contributed by atoms with Crippen LogP contribution in [0.15, 0.2) is 48.5 Å². The van der Waals surface area contributed by atoms with Gasteiger partial charge < -0.3 is 0 Å². The molecule has 0 saturated carbocycles. The van der Waals surface area contributed by atoms with Gasteiger partial charge in [-0.2, -0.15) is 0 Å². The van der Waals surface area contributed by atoms with Gasteiger partial charge >= 0.3 is 121 Å². The Balaban J connectivity index is 1.93. The zero-order valence-electron chi connectivity index (χ0n) is 11.1. The summed E-state index contributed by atoms with van der Waals surface area (Å²) in [6.45, 7) is 0. The maximum atomic E-state index is 11.8. The number of rotatable bonds is 6. The van der Waals surface area contributed by atoms with Gasteiger partial charge in [-0.15, -0.1) is 0 Å². The van der Waals surface area contributed by atoms with Crippen molar-refractivity contribution in [3.8, 4) is 23.0 Å². The Morgan fingerprint density at radius 3 is 1.25 bits per heavy atom. The third-order valence-electron chi connectivity index (χ3n) is 2.45. The fraction of sp³-hybridized carbons (Fsp3) is 0.143. The standard InChI is InChI=1S/C14H14O5Se/c1-16-11-3-7-13(8-4-11)18-20(15)19-14-9-5-12(17-2)6-10-14/h3-10H,1-2H3. The maximum absolute atomic E-state index is 11.8. The molecule has 0 radical (unpaired) electrons. The Hall–Kier alpha value is -2.04. The number of ether oxygens (including phenoxy) is 2. The Kier molecular flexibility index (Phi) is 4.98. The van der Waals surface area contributed by atoms with Crippen molar-refractivity contribution >= 4 is 14.5 Å². The molecule has 5 nitrogen and oxygen atoms in total. The van der Waals surface area contributed by atoms with E-state index in [4.69, 9.17) is 17.1 Å². The van der Waals surface area contributed by atoms with Crippen LogP contribution in [0.3, 0.4) is 0 Å². The fourth-order valence-electron chi connectivity index (χ4n) is 1.44. The van der Waals surface area contributed by atoms with Crippen LogP contribution >= 0.6 is 0 Å². The van der Waals surface area contributed by atoms with Crippen LogP contribution in [0.2, 0.25) is 0 Å². The molecule has 0 aromatic heterocycles. The summed E-state index contributed by atoms with van der Waals surface area (Å²) in [5, 5.41) is 0. The quantitative estimate of drug-likeness (QED) is 0.756. The van der Waals surface area contributed by atoms with Crippen LogP contribution in [-0.4, -0.2) is 28.7 Å². The minimum atomic E-state index is -2.90. The van der Waals surface area contributed by atoms with Gasteiger partial charge in [0.25, 0.3) is 0 Å². The van der Waals surface area contributed by atoms with E-state index in [0.29, 0.717) is 23.0 Å². The Bertz CT molecular complexity index is 514. The van der Waals surface area contributed by atoms with Crippen molar-refractivity contribution in [2.45, 2.75) is 0 Å². The van der Waals surface area contributed by atoms with Gasteiger partial charge in [0.2, 0.25) is 0 Å². The molecule has 0 unspecified atom stereocenters. The first-order valence-corrected chi connectivity index (χ1v) is 7.87. The van der Waals surface area contributed by atoms with Crippen molar-refractivity contribution in [2.75, 3.05) is 14.2 Å². The van der Waals surface area contributed by atoms with E-state index in [9.17, 15) is 3.83 Å². The summed E-state index contributed by atoms with van der Waals surface area (Å²) in [5.41, 5.74) is 0. The summed E-state index contributed by atoms with van der Waals surface area (Å²) < 4.78 is 32.3. The number of hydrogen-bond acceptors (Lipinski definition) is 5. The monoisotopic (exact) mass is 342 g/mol. The van der Waals surface area contributed by atoms with E-state index in [1.807, 2.05) is 0 Å². The molecule has 0 spiro atoms. The predicted octanol–water partition coefficient (Wildman–Crippen LogP) is 2.58. The van der Waals surface area contributed by atoms with E-state index >= 15 is 0 Å². The summed E-state index contributed by atoms with van der Waals surface area (Å²) in [5.74, 6) is 2.35. The van der Waals surface area contributed by atoms with Crippen molar-refractivity contribution in [1.29, 1.82) is 0 Å². The molecule has 2 aromatic carbocycles. The van der Waals surface area contributed by atoms with E-state index in [1.165, 1.54) is 0 Å². The number of benzene rings is 2. The topological polar surface area (TPSA) is 54.0 Å². The van der Waals surface area contributed by atoms with Crippen molar-refractivity contribution in [3.63, 3.8) is 0 Å². The molecule has 2 rings (SSSR count). The van der Waals surface area contributed by atoms with E-state index in [1.54, 1.807) is 62.8 Å². The normalized spacial score (nSPS) is 10.2. The predicted molar refractivity (Wildman–Crippen MR) is 73.7 cm³/mol. The molecule has 0 atom stereocenters. The molecule has 0 aliphatic carbocycles. The van der Waals surface area contributed by atoms with Crippen molar-refractivity contribution < 1.29 is 20.9 Å². The summed E-state index contributed by atoms with van der Waals surface area (Å²) in [6.07, 6.45) is 0. The molecule has 2 aromatic rings. The summed E-state index contributed by atoms with van der Waals surface area (Å²) >= 11 is -2.90. The first-order valence-electron chi connectivity index (χ1n) is 5.78. The average molecular weight is 341 g/mol. The van der Waals surface area contributed by atoms with Gasteiger partial charge in [0.15, 0.2) is 0 Å². The van der Waals surface area contributed by atoms with Gasteiger partial charge in [0, 0.05) is 0 Å². The molecule has 20 heavy (non-hydrogen) atoms. The molecule has 6 heteroatoms. The van der Waals surface area contributed by atoms with Gasteiger partial charge in [-0.05, 0) is 0 Å². The molecule has 0 aliphatic rings. The summed E-state index contributed by atoms with van der Waals surface area (Å²) in [4.78, 5) is 0. The molecule has 0 bridgehead atoms. The second-order valence-electron chi connectivity index (χ2n) is 3.72. The molecule has 0 amide bonds. The van der Waals surface area contributed by atoms with Crippen LogP contribution in [-0.2, 0) is 3.83 Å². The SMILES string of the molecule is COc1ccc(O[Se](=O)Oc2ccc(OC)cc2)cc1. The van der Waals surface area contributed by atoms with E-state index in [-0.39, 0.29) is 0 Å². The third-order valence-corrected chi connectivity index (χ3v) is 3.83. The molecule has 0 heterocycles. The Morgan fingerprint density at radius 2 is 0.950 bits per heavy atom. The minimum absolute atomic E-state index is 0.472. The van der Waals surface area contributed by atoms with Crippen molar-refractivity contribution in [3.05, 3.63) is 48.5 Å².